The van der Waals surface area contributed by atoms with Gasteiger partial charge in [0.2, 0.25) is 0 Å². The molecular formula is C16H18N2O2. The quantitative estimate of drug-likeness (QED) is 0.870. The second-order valence-electron chi connectivity index (χ2n) is 4.94. The van der Waals surface area contributed by atoms with Gasteiger partial charge in [-0.05, 0) is 36.1 Å². The molecule has 0 aliphatic rings. The van der Waals surface area contributed by atoms with Crippen molar-refractivity contribution in [3.8, 4) is 0 Å². The van der Waals surface area contributed by atoms with Gasteiger partial charge in [0.15, 0.2) is 0 Å². The van der Waals surface area contributed by atoms with E-state index in [1.54, 1.807) is 18.5 Å². The molecule has 0 saturated heterocycles. The normalized spacial score (nSPS) is 13.7. The first kappa shape index (κ1) is 14.2. The first-order valence-electron chi connectivity index (χ1n) is 6.48. The molecule has 4 nitrogen and oxygen atoms in total. The number of aryl methyl sites for hydroxylation is 1. The molecule has 1 aromatic carbocycles. The fourth-order valence-corrected chi connectivity index (χ4v) is 2.52. The Hall–Kier alpha value is -2.20. The third-order valence-corrected chi connectivity index (χ3v) is 3.65. The molecule has 0 bridgehead atoms. The van der Waals surface area contributed by atoms with Crippen molar-refractivity contribution in [3.05, 3.63) is 65.5 Å². The maximum absolute atomic E-state index is 11.9. The smallest absolute Gasteiger partial charge is 0.315 e. The standard InChI is InChI=1S/C16H18N2O2/c1-12-5-2-3-7-14(12)16(11-17,15(19)20)9-13-6-4-8-18-10-13/h2-8,10H,9,11,17H2,1H3,(H,19,20). The van der Waals surface area contributed by atoms with E-state index in [-0.39, 0.29) is 6.54 Å². The number of nitrogens with zero attached hydrogens (tertiary/aromatic N) is 1. The van der Waals surface area contributed by atoms with Crippen molar-refractivity contribution < 1.29 is 9.90 Å². The van der Waals surface area contributed by atoms with Crippen LogP contribution in [0.1, 0.15) is 16.7 Å². The summed E-state index contributed by atoms with van der Waals surface area (Å²) in [4.78, 5) is 16.0. The molecule has 1 aromatic heterocycles. The molecule has 0 amide bonds. The van der Waals surface area contributed by atoms with E-state index < -0.39 is 11.4 Å². The van der Waals surface area contributed by atoms with Crippen LogP contribution in [0.3, 0.4) is 0 Å². The van der Waals surface area contributed by atoms with Crippen LogP contribution < -0.4 is 5.73 Å². The van der Waals surface area contributed by atoms with Crippen LogP contribution in [-0.2, 0) is 16.6 Å². The molecule has 2 aromatic rings. The highest BCUT2D eigenvalue weighted by Gasteiger charge is 2.40. The van der Waals surface area contributed by atoms with Crippen molar-refractivity contribution in [1.29, 1.82) is 0 Å². The lowest BCUT2D eigenvalue weighted by Crippen LogP contribution is -2.45. The van der Waals surface area contributed by atoms with Crippen molar-refractivity contribution in [3.63, 3.8) is 0 Å². The Bertz CT molecular complexity index is 598. The van der Waals surface area contributed by atoms with E-state index in [1.165, 1.54) is 0 Å². The summed E-state index contributed by atoms with van der Waals surface area (Å²) in [6.45, 7) is 1.95. The summed E-state index contributed by atoms with van der Waals surface area (Å²) in [5.74, 6) is -0.904. The zero-order chi connectivity index (χ0) is 14.6. The predicted octanol–water partition coefficient (Wildman–Crippen LogP) is 1.91. The molecule has 0 radical (unpaired) electrons. The average molecular weight is 270 g/mol. The first-order valence-corrected chi connectivity index (χ1v) is 6.48. The zero-order valence-corrected chi connectivity index (χ0v) is 11.4. The van der Waals surface area contributed by atoms with Gasteiger partial charge in [0.05, 0.1) is 0 Å². The van der Waals surface area contributed by atoms with Gasteiger partial charge in [0.1, 0.15) is 5.41 Å². The number of carboxylic acid groups (broad SMARTS) is 1. The topological polar surface area (TPSA) is 76.2 Å². The molecule has 0 fully saturated rings. The Kier molecular flexibility index (Phi) is 4.15. The average Bonchev–Trinajstić information content (AvgIpc) is 2.46. The maximum atomic E-state index is 11.9. The van der Waals surface area contributed by atoms with E-state index in [2.05, 4.69) is 4.98 Å². The SMILES string of the molecule is Cc1ccccc1C(CN)(Cc1cccnc1)C(=O)O. The minimum Gasteiger partial charge on any atom is -0.481 e. The van der Waals surface area contributed by atoms with Gasteiger partial charge in [-0.3, -0.25) is 9.78 Å². The molecule has 0 saturated carbocycles. The van der Waals surface area contributed by atoms with Crippen molar-refractivity contribution in [2.45, 2.75) is 18.8 Å². The number of pyridine rings is 1. The maximum Gasteiger partial charge on any atom is 0.315 e. The number of nitrogens with two attached hydrogens (primary N) is 1. The number of aromatic nitrogens is 1. The van der Waals surface area contributed by atoms with Crippen LogP contribution >= 0.6 is 0 Å². The highest BCUT2D eigenvalue weighted by atomic mass is 16.4. The van der Waals surface area contributed by atoms with Gasteiger partial charge in [-0.15, -0.1) is 0 Å². The number of rotatable bonds is 5. The fraction of sp³-hybridized carbons (Fsp3) is 0.250. The molecule has 0 aliphatic carbocycles. The van der Waals surface area contributed by atoms with Crippen molar-refractivity contribution in [2.75, 3.05) is 6.54 Å². The summed E-state index contributed by atoms with van der Waals surface area (Å²) >= 11 is 0. The molecule has 104 valence electrons. The van der Waals surface area contributed by atoms with Gasteiger partial charge in [-0.1, -0.05) is 30.3 Å². The van der Waals surface area contributed by atoms with Crippen LogP contribution in [-0.4, -0.2) is 22.6 Å². The van der Waals surface area contributed by atoms with Crippen molar-refractivity contribution >= 4 is 5.97 Å². The minimum absolute atomic E-state index is 0.0437. The summed E-state index contributed by atoms with van der Waals surface area (Å²) in [5.41, 5.74) is 7.30. The number of hydrogen-bond acceptors (Lipinski definition) is 3. The van der Waals surface area contributed by atoms with Crippen LogP contribution in [0, 0.1) is 6.92 Å². The van der Waals surface area contributed by atoms with Gasteiger partial charge >= 0.3 is 5.97 Å². The molecule has 0 aliphatic heterocycles. The van der Waals surface area contributed by atoms with Gasteiger partial charge in [0, 0.05) is 18.9 Å². The molecule has 1 heterocycles. The van der Waals surface area contributed by atoms with E-state index >= 15 is 0 Å². The van der Waals surface area contributed by atoms with Crippen LogP contribution in [0.25, 0.3) is 0 Å². The highest BCUT2D eigenvalue weighted by Crippen LogP contribution is 2.30. The predicted molar refractivity (Wildman–Crippen MR) is 77.5 cm³/mol. The van der Waals surface area contributed by atoms with Crippen molar-refractivity contribution in [1.82, 2.24) is 4.98 Å². The Balaban J connectivity index is 2.51. The second kappa shape index (κ2) is 5.84. The monoisotopic (exact) mass is 270 g/mol. The summed E-state index contributed by atoms with van der Waals surface area (Å²) in [6.07, 6.45) is 3.69. The van der Waals surface area contributed by atoms with Gasteiger partial charge in [0.25, 0.3) is 0 Å². The molecule has 1 atom stereocenters. The number of carboxylic acids is 1. The summed E-state index contributed by atoms with van der Waals surface area (Å²) in [7, 11) is 0. The summed E-state index contributed by atoms with van der Waals surface area (Å²) < 4.78 is 0. The Morgan fingerprint density at radius 1 is 1.30 bits per heavy atom. The molecular weight excluding hydrogens is 252 g/mol. The zero-order valence-electron chi connectivity index (χ0n) is 11.4. The number of benzene rings is 1. The Morgan fingerprint density at radius 3 is 2.60 bits per heavy atom. The van der Waals surface area contributed by atoms with Crippen molar-refractivity contribution in [2.24, 2.45) is 5.73 Å². The molecule has 1 unspecified atom stereocenters. The molecule has 3 N–H and O–H groups in total. The van der Waals surface area contributed by atoms with E-state index in [4.69, 9.17) is 5.73 Å². The largest absolute Gasteiger partial charge is 0.481 e. The van der Waals surface area contributed by atoms with Gasteiger partial charge in [-0.25, -0.2) is 0 Å². The lowest BCUT2D eigenvalue weighted by molar-refractivity contribution is -0.143. The van der Waals surface area contributed by atoms with E-state index in [1.807, 2.05) is 37.3 Å². The lowest BCUT2D eigenvalue weighted by Gasteiger charge is -2.30. The Labute approximate surface area is 118 Å². The molecule has 0 spiro atoms. The van der Waals surface area contributed by atoms with Crippen LogP contribution in [0.15, 0.2) is 48.8 Å². The molecule has 2 rings (SSSR count). The number of carbonyl (C=O) groups is 1. The first-order chi connectivity index (χ1) is 9.60. The second-order valence-corrected chi connectivity index (χ2v) is 4.94. The number of aliphatic carboxylic acids is 1. The van der Waals surface area contributed by atoms with Crippen LogP contribution in [0.4, 0.5) is 0 Å². The van der Waals surface area contributed by atoms with Gasteiger partial charge < -0.3 is 10.8 Å². The Morgan fingerprint density at radius 2 is 2.05 bits per heavy atom. The number of hydrogen-bond donors (Lipinski definition) is 2. The minimum atomic E-state index is -1.12. The third-order valence-electron chi connectivity index (χ3n) is 3.65. The van der Waals surface area contributed by atoms with E-state index in [0.29, 0.717) is 6.42 Å². The van der Waals surface area contributed by atoms with Crippen LogP contribution in [0.2, 0.25) is 0 Å². The lowest BCUT2D eigenvalue weighted by atomic mass is 9.74. The third kappa shape index (κ3) is 2.56. The summed E-state index contributed by atoms with van der Waals surface area (Å²) in [5, 5.41) is 9.76. The molecule has 20 heavy (non-hydrogen) atoms. The fourth-order valence-electron chi connectivity index (χ4n) is 2.52. The highest BCUT2D eigenvalue weighted by molar-refractivity contribution is 5.82. The van der Waals surface area contributed by atoms with E-state index in [9.17, 15) is 9.90 Å². The summed E-state index contributed by atoms with van der Waals surface area (Å²) in [6, 6.07) is 11.2. The molecule has 4 heteroatoms. The van der Waals surface area contributed by atoms with Crippen LogP contribution in [0.5, 0.6) is 0 Å². The van der Waals surface area contributed by atoms with Gasteiger partial charge in [-0.2, -0.15) is 0 Å². The van der Waals surface area contributed by atoms with E-state index in [0.717, 1.165) is 16.7 Å².